The van der Waals surface area contributed by atoms with Gasteiger partial charge in [0, 0.05) is 19.1 Å². The van der Waals surface area contributed by atoms with E-state index in [1.54, 1.807) is 0 Å². The Labute approximate surface area is 106 Å². The molecule has 1 aliphatic rings. The minimum atomic E-state index is 0.139. The lowest BCUT2D eigenvalue weighted by Gasteiger charge is -2.32. The van der Waals surface area contributed by atoms with E-state index >= 15 is 0 Å². The molecular weight excluding hydrogens is 212 g/mol. The summed E-state index contributed by atoms with van der Waals surface area (Å²) in [5.74, 6) is 0.657. The number of nitrogens with one attached hydrogen (secondary N) is 1. The SMILES string of the molecule is CCCCC[C@@H](C)NC(=O)N1CCC[C@H](C)C1. The van der Waals surface area contributed by atoms with Gasteiger partial charge in [0.05, 0.1) is 0 Å². The van der Waals surface area contributed by atoms with E-state index in [1.807, 2.05) is 4.90 Å². The summed E-state index contributed by atoms with van der Waals surface area (Å²) in [5.41, 5.74) is 0. The standard InChI is InChI=1S/C14H28N2O/c1-4-5-6-9-13(3)15-14(17)16-10-7-8-12(2)11-16/h12-13H,4-11H2,1-3H3,(H,15,17)/t12-,13+/m0/s1. The van der Waals surface area contributed by atoms with E-state index in [9.17, 15) is 4.79 Å². The van der Waals surface area contributed by atoms with Gasteiger partial charge in [0.25, 0.3) is 0 Å². The van der Waals surface area contributed by atoms with Crippen LogP contribution in [0.5, 0.6) is 0 Å². The molecule has 1 fully saturated rings. The van der Waals surface area contributed by atoms with Crippen molar-refractivity contribution in [3.05, 3.63) is 0 Å². The van der Waals surface area contributed by atoms with Gasteiger partial charge in [-0.2, -0.15) is 0 Å². The van der Waals surface area contributed by atoms with Crippen LogP contribution >= 0.6 is 0 Å². The van der Waals surface area contributed by atoms with Gasteiger partial charge in [-0.25, -0.2) is 4.79 Å². The second-order valence-electron chi connectivity index (χ2n) is 5.54. The van der Waals surface area contributed by atoms with E-state index in [1.165, 1.54) is 25.7 Å². The van der Waals surface area contributed by atoms with Crippen molar-refractivity contribution in [3.63, 3.8) is 0 Å². The van der Waals surface area contributed by atoms with Crippen LogP contribution in [0.3, 0.4) is 0 Å². The van der Waals surface area contributed by atoms with E-state index in [4.69, 9.17) is 0 Å². The maximum absolute atomic E-state index is 12.0. The van der Waals surface area contributed by atoms with Crippen molar-refractivity contribution in [1.29, 1.82) is 0 Å². The van der Waals surface area contributed by atoms with Crippen molar-refractivity contribution < 1.29 is 4.79 Å². The van der Waals surface area contributed by atoms with Crippen LogP contribution in [-0.2, 0) is 0 Å². The highest BCUT2D eigenvalue weighted by molar-refractivity contribution is 5.74. The molecule has 17 heavy (non-hydrogen) atoms. The Morgan fingerprint density at radius 1 is 1.47 bits per heavy atom. The number of nitrogens with zero attached hydrogens (tertiary/aromatic N) is 1. The highest BCUT2D eigenvalue weighted by atomic mass is 16.2. The van der Waals surface area contributed by atoms with Crippen molar-refractivity contribution in [1.82, 2.24) is 10.2 Å². The maximum atomic E-state index is 12.0. The molecule has 0 aromatic carbocycles. The van der Waals surface area contributed by atoms with E-state index in [0.717, 1.165) is 25.9 Å². The van der Waals surface area contributed by atoms with Gasteiger partial charge in [-0.1, -0.05) is 33.1 Å². The molecule has 3 nitrogen and oxygen atoms in total. The Morgan fingerprint density at radius 3 is 2.88 bits per heavy atom. The van der Waals surface area contributed by atoms with Crippen molar-refractivity contribution >= 4 is 6.03 Å². The third-order valence-electron chi connectivity index (χ3n) is 3.55. The summed E-state index contributed by atoms with van der Waals surface area (Å²) >= 11 is 0. The summed E-state index contributed by atoms with van der Waals surface area (Å²) in [6, 6.07) is 0.451. The van der Waals surface area contributed by atoms with Gasteiger partial charge in [0.1, 0.15) is 0 Å². The number of hydrogen-bond donors (Lipinski definition) is 1. The average Bonchev–Trinajstić information content (AvgIpc) is 2.29. The van der Waals surface area contributed by atoms with Crippen LogP contribution in [0.25, 0.3) is 0 Å². The molecule has 1 aliphatic heterocycles. The minimum absolute atomic E-state index is 0.139. The molecule has 2 amide bonds. The molecule has 1 rings (SSSR count). The van der Waals surface area contributed by atoms with E-state index in [0.29, 0.717) is 12.0 Å². The van der Waals surface area contributed by atoms with Crippen LogP contribution in [-0.4, -0.2) is 30.1 Å². The Morgan fingerprint density at radius 2 is 2.24 bits per heavy atom. The second kappa shape index (κ2) is 7.57. The first-order valence-electron chi connectivity index (χ1n) is 7.19. The van der Waals surface area contributed by atoms with Crippen LogP contribution in [0.1, 0.15) is 59.3 Å². The molecule has 1 saturated heterocycles. The topological polar surface area (TPSA) is 32.3 Å². The lowest BCUT2D eigenvalue weighted by Crippen LogP contribution is -2.47. The molecule has 0 aliphatic carbocycles. The number of urea groups is 1. The van der Waals surface area contributed by atoms with E-state index < -0.39 is 0 Å². The fraction of sp³-hybridized carbons (Fsp3) is 0.929. The molecule has 100 valence electrons. The summed E-state index contributed by atoms with van der Waals surface area (Å²) in [4.78, 5) is 14.0. The van der Waals surface area contributed by atoms with Crippen LogP contribution in [0.4, 0.5) is 4.79 Å². The number of rotatable bonds is 5. The molecule has 0 aromatic rings. The summed E-state index contributed by atoms with van der Waals surface area (Å²) in [5, 5.41) is 3.12. The lowest BCUT2D eigenvalue weighted by molar-refractivity contribution is 0.166. The van der Waals surface area contributed by atoms with Gasteiger partial charge in [-0.05, 0) is 32.1 Å². The van der Waals surface area contributed by atoms with Crippen molar-refractivity contribution in [2.24, 2.45) is 5.92 Å². The normalized spacial score (nSPS) is 22.3. The van der Waals surface area contributed by atoms with Crippen molar-refractivity contribution in [2.75, 3.05) is 13.1 Å². The number of carbonyl (C=O) groups is 1. The minimum Gasteiger partial charge on any atom is -0.336 e. The molecule has 0 bridgehead atoms. The van der Waals surface area contributed by atoms with Gasteiger partial charge >= 0.3 is 6.03 Å². The fourth-order valence-corrected chi connectivity index (χ4v) is 2.45. The number of amides is 2. The highest BCUT2D eigenvalue weighted by Gasteiger charge is 2.21. The monoisotopic (exact) mass is 240 g/mol. The summed E-state index contributed by atoms with van der Waals surface area (Å²) in [6.07, 6.45) is 7.23. The number of likely N-dealkylation sites (tertiary alicyclic amines) is 1. The summed E-state index contributed by atoms with van der Waals surface area (Å²) in [7, 11) is 0. The molecule has 1 N–H and O–H groups in total. The smallest absolute Gasteiger partial charge is 0.317 e. The molecule has 0 saturated carbocycles. The van der Waals surface area contributed by atoms with Crippen molar-refractivity contribution in [3.8, 4) is 0 Å². The maximum Gasteiger partial charge on any atom is 0.317 e. The van der Waals surface area contributed by atoms with Gasteiger partial charge in [0.15, 0.2) is 0 Å². The Hall–Kier alpha value is -0.730. The Kier molecular flexibility index (Phi) is 6.38. The van der Waals surface area contributed by atoms with Gasteiger partial charge in [0.2, 0.25) is 0 Å². The number of unbranched alkanes of at least 4 members (excludes halogenated alkanes) is 2. The highest BCUT2D eigenvalue weighted by Crippen LogP contribution is 2.15. The summed E-state index contributed by atoms with van der Waals surface area (Å²) < 4.78 is 0. The number of piperidine rings is 1. The zero-order chi connectivity index (χ0) is 12.7. The zero-order valence-electron chi connectivity index (χ0n) is 11.7. The predicted molar refractivity (Wildman–Crippen MR) is 72.1 cm³/mol. The first kappa shape index (κ1) is 14.3. The van der Waals surface area contributed by atoms with E-state index in [2.05, 4.69) is 26.1 Å². The molecule has 0 spiro atoms. The van der Waals surface area contributed by atoms with E-state index in [-0.39, 0.29) is 6.03 Å². The molecule has 0 unspecified atom stereocenters. The Balaban J connectivity index is 2.22. The molecular formula is C14H28N2O. The number of hydrogen-bond acceptors (Lipinski definition) is 1. The molecule has 1 heterocycles. The number of carbonyl (C=O) groups excluding carboxylic acids is 1. The quantitative estimate of drug-likeness (QED) is 0.734. The van der Waals surface area contributed by atoms with Crippen LogP contribution in [0, 0.1) is 5.92 Å². The molecule has 0 radical (unpaired) electrons. The van der Waals surface area contributed by atoms with Gasteiger partial charge < -0.3 is 10.2 Å². The zero-order valence-corrected chi connectivity index (χ0v) is 11.7. The van der Waals surface area contributed by atoms with Gasteiger partial charge in [-0.3, -0.25) is 0 Å². The average molecular weight is 240 g/mol. The van der Waals surface area contributed by atoms with Crippen molar-refractivity contribution in [2.45, 2.75) is 65.3 Å². The van der Waals surface area contributed by atoms with Crippen LogP contribution in [0.2, 0.25) is 0 Å². The molecule has 3 heteroatoms. The predicted octanol–water partition coefficient (Wildman–Crippen LogP) is 3.40. The second-order valence-corrected chi connectivity index (χ2v) is 5.54. The third-order valence-corrected chi connectivity index (χ3v) is 3.55. The first-order chi connectivity index (χ1) is 8.13. The first-order valence-corrected chi connectivity index (χ1v) is 7.19. The van der Waals surface area contributed by atoms with Gasteiger partial charge in [-0.15, -0.1) is 0 Å². The largest absolute Gasteiger partial charge is 0.336 e. The molecule has 0 aromatic heterocycles. The fourth-order valence-electron chi connectivity index (χ4n) is 2.45. The summed E-state index contributed by atoms with van der Waals surface area (Å²) in [6.45, 7) is 8.40. The Bertz CT molecular complexity index is 230. The third kappa shape index (κ3) is 5.42. The lowest BCUT2D eigenvalue weighted by atomic mass is 10.0. The van der Waals surface area contributed by atoms with Crippen LogP contribution < -0.4 is 5.32 Å². The molecule has 2 atom stereocenters. The van der Waals surface area contributed by atoms with Crippen LogP contribution in [0.15, 0.2) is 0 Å².